The zero-order chi connectivity index (χ0) is 15.4. The zero-order valence-electron chi connectivity index (χ0n) is 12.5. The Balaban J connectivity index is 1.96. The summed E-state index contributed by atoms with van der Waals surface area (Å²) in [6, 6.07) is 5.78. The van der Waals surface area contributed by atoms with E-state index in [1.165, 1.54) is 0 Å². The van der Waals surface area contributed by atoms with Crippen LogP contribution >= 0.6 is 23.2 Å². The number of piperidine rings is 1. The van der Waals surface area contributed by atoms with E-state index in [1.807, 2.05) is 26.0 Å². The molecule has 0 aliphatic carbocycles. The lowest BCUT2D eigenvalue weighted by Crippen LogP contribution is -2.44. The molecule has 1 aliphatic heterocycles. The molecule has 0 radical (unpaired) electrons. The predicted molar refractivity (Wildman–Crippen MR) is 87.7 cm³/mol. The molecule has 1 aromatic rings. The van der Waals surface area contributed by atoms with Crippen LogP contribution in [0.2, 0.25) is 10.0 Å². The van der Waals surface area contributed by atoms with Crippen LogP contribution in [0.5, 0.6) is 0 Å². The van der Waals surface area contributed by atoms with Crippen molar-refractivity contribution in [3.8, 4) is 0 Å². The number of benzene rings is 1. The number of nitrogens with one attached hydrogen (secondary N) is 1. The predicted octanol–water partition coefficient (Wildman–Crippen LogP) is 3.73. The minimum Gasteiger partial charge on any atom is -0.354 e. The van der Waals surface area contributed by atoms with Crippen LogP contribution in [0, 0.1) is 5.92 Å². The third kappa shape index (κ3) is 4.87. The van der Waals surface area contributed by atoms with Gasteiger partial charge in [-0.05, 0) is 50.9 Å². The van der Waals surface area contributed by atoms with Crippen molar-refractivity contribution < 1.29 is 4.79 Å². The van der Waals surface area contributed by atoms with Crippen LogP contribution in [-0.4, -0.2) is 29.9 Å². The number of rotatable bonds is 4. The number of hydrogen-bond donors (Lipinski definition) is 1. The van der Waals surface area contributed by atoms with Crippen LogP contribution in [0.25, 0.3) is 0 Å². The normalized spacial score (nSPS) is 19.8. The summed E-state index contributed by atoms with van der Waals surface area (Å²) >= 11 is 12.1. The lowest BCUT2D eigenvalue weighted by atomic mass is 9.96. The summed E-state index contributed by atoms with van der Waals surface area (Å²) < 4.78 is 0. The maximum atomic E-state index is 12.1. The summed E-state index contributed by atoms with van der Waals surface area (Å²) in [6.07, 6.45) is 2.00. The third-order valence-electron chi connectivity index (χ3n) is 3.72. The van der Waals surface area contributed by atoms with E-state index >= 15 is 0 Å². The Labute approximate surface area is 136 Å². The van der Waals surface area contributed by atoms with Gasteiger partial charge in [0.25, 0.3) is 0 Å². The third-order valence-corrected chi connectivity index (χ3v) is 4.30. The average molecular weight is 329 g/mol. The standard InChI is InChI=1S/C16H22Cl2N2O/c1-11(2)19-16(21)13-4-3-7-20(10-13)9-12-5-6-14(17)8-15(12)18/h5-6,8,11,13H,3-4,7,9-10H2,1-2H3,(H,19,21)/t13-/m1/s1. The highest BCUT2D eigenvalue weighted by Gasteiger charge is 2.26. The Bertz CT molecular complexity index is 505. The molecule has 1 amide bonds. The fraction of sp³-hybridized carbons (Fsp3) is 0.562. The number of carbonyl (C=O) groups is 1. The highest BCUT2D eigenvalue weighted by atomic mass is 35.5. The van der Waals surface area contributed by atoms with E-state index in [-0.39, 0.29) is 17.9 Å². The molecule has 1 aromatic carbocycles. The van der Waals surface area contributed by atoms with Crippen LogP contribution in [0.3, 0.4) is 0 Å². The highest BCUT2D eigenvalue weighted by Crippen LogP contribution is 2.25. The fourth-order valence-corrected chi connectivity index (χ4v) is 3.17. The number of carbonyl (C=O) groups excluding carboxylic acids is 1. The molecule has 0 aromatic heterocycles. The molecule has 21 heavy (non-hydrogen) atoms. The molecular formula is C16H22Cl2N2O. The van der Waals surface area contributed by atoms with E-state index in [9.17, 15) is 4.79 Å². The number of amides is 1. The Kier molecular flexibility index (Phi) is 5.91. The minimum absolute atomic E-state index is 0.0761. The zero-order valence-corrected chi connectivity index (χ0v) is 14.0. The van der Waals surface area contributed by atoms with Crippen molar-refractivity contribution in [3.63, 3.8) is 0 Å². The topological polar surface area (TPSA) is 32.3 Å². The van der Waals surface area contributed by atoms with Gasteiger partial charge in [0, 0.05) is 29.2 Å². The van der Waals surface area contributed by atoms with Crippen molar-refractivity contribution in [2.75, 3.05) is 13.1 Å². The Morgan fingerprint density at radius 3 is 2.86 bits per heavy atom. The molecule has 5 heteroatoms. The first-order valence-electron chi connectivity index (χ1n) is 7.42. The van der Waals surface area contributed by atoms with Gasteiger partial charge in [-0.2, -0.15) is 0 Å². The van der Waals surface area contributed by atoms with Gasteiger partial charge in [0.1, 0.15) is 0 Å². The van der Waals surface area contributed by atoms with E-state index in [4.69, 9.17) is 23.2 Å². The monoisotopic (exact) mass is 328 g/mol. The van der Waals surface area contributed by atoms with Gasteiger partial charge in [0.15, 0.2) is 0 Å². The van der Waals surface area contributed by atoms with Crippen molar-refractivity contribution in [1.29, 1.82) is 0 Å². The Morgan fingerprint density at radius 2 is 2.19 bits per heavy atom. The molecule has 0 saturated carbocycles. The first kappa shape index (κ1) is 16.6. The van der Waals surface area contributed by atoms with Gasteiger partial charge in [-0.25, -0.2) is 0 Å². The van der Waals surface area contributed by atoms with Crippen molar-refractivity contribution in [2.24, 2.45) is 5.92 Å². The summed E-state index contributed by atoms with van der Waals surface area (Å²) in [6.45, 7) is 6.54. The van der Waals surface area contributed by atoms with E-state index in [1.54, 1.807) is 6.07 Å². The first-order valence-corrected chi connectivity index (χ1v) is 8.18. The molecule has 0 bridgehead atoms. The average Bonchev–Trinajstić information content (AvgIpc) is 2.41. The van der Waals surface area contributed by atoms with Crippen molar-refractivity contribution >= 4 is 29.1 Å². The summed E-state index contributed by atoms with van der Waals surface area (Å²) in [7, 11) is 0. The van der Waals surface area contributed by atoms with E-state index in [2.05, 4.69) is 10.2 Å². The quantitative estimate of drug-likeness (QED) is 0.913. The van der Waals surface area contributed by atoms with Crippen molar-refractivity contribution in [3.05, 3.63) is 33.8 Å². The van der Waals surface area contributed by atoms with E-state index < -0.39 is 0 Å². The van der Waals surface area contributed by atoms with Gasteiger partial charge in [0.2, 0.25) is 5.91 Å². The molecule has 2 rings (SSSR count). The molecule has 1 N–H and O–H groups in total. The number of hydrogen-bond acceptors (Lipinski definition) is 2. The SMILES string of the molecule is CC(C)NC(=O)[C@@H]1CCCN(Cc2ccc(Cl)cc2Cl)C1. The molecule has 1 saturated heterocycles. The second-order valence-electron chi connectivity index (χ2n) is 5.97. The maximum Gasteiger partial charge on any atom is 0.224 e. The second kappa shape index (κ2) is 7.48. The van der Waals surface area contributed by atoms with Gasteiger partial charge < -0.3 is 5.32 Å². The summed E-state index contributed by atoms with van der Waals surface area (Å²) in [5.41, 5.74) is 1.06. The molecule has 0 unspecified atom stereocenters. The Morgan fingerprint density at radius 1 is 1.43 bits per heavy atom. The number of nitrogens with zero attached hydrogens (tertiary/aromatic N) is 1. The number of likely N-dealkylation sites (tertiary alicyclic amines) is 1. The molecule has 116 valence electrons. The second-order valence-corrected chi connectivity index (χ2v) is 6.82. The molecule has 1 aliphatic rings. The van der Waals surface area contributed by atoms with Crippen LogP contribution < -0.4 is 5.32 Å². The maximum absolute atomic E-state index is 12.1. The van der Waals surface area contributed by atoms with Gasteiger partial charge in [-0.1, -0.05) is 29.3 Å². The van der Waals surface area contributed by atoms with Gasteiger partial charge in [-0.3, -0.25) is 9.69 Å². The van der Waals surface area contributed by atoms with Crippen LogP contribution in [0.4, 0.5) is 0 Å². The lowest BCUT2D eigenvalue weighted by Gasteiger charge is -2.32. The van der Waals surface area contributed by atoms with Gasteiger partial charge in [0.05, 0.1) is 5.92 Å². The van der Waals surface area contributed by atoms with Crippen LogP contribution in [0.1, 0.15) is 32.3 Å². The lowest BCUT2D eigenvalue weighted by molar-refractivity contribution is -0.127. The Hall–Kier alpha value is -0.770. The molecule has 1 fully saturated rings. The summed E-state index contributed by atoms with van der Waals surface area (Å²) in [5.74, 6) is 0.240. The minimum atomic E-state index is 0.0761. The number of halogens is 2. The summed E-state index contributed by atoms with van der Waals surface area (Å²) in [4.78, 5) is 14.4. The molecular weight excluding hydrogens is 307 g/mol. The van der Waals surface area contributed by atoms with Gasteiger partial charge >= 0.3 is 0 Å². The van der Waals surface area contributed by atoms with E-state index in [0.717, 1.165) is 38.0 Å². The molecule has 1 atom stereocenters. The molecule has 1 heterocycles. The first-order chi connectivity index (χ1) is 9.95. The van der Waals surface area contributed by atoms with Gasteiger partial charge in [-0.15, -0.1) is 0 Å². The van der Waals surface area contributed by atoms with Crippen LogP contribution in [-0.2, 0) is 11.3 Å². The molecule has 3 nitrogen and oxygen atoms in total. The fourth-order valence-electron chi connectivity index (χ4n) is 2.71. The van der Waals surface area contributed by atoms with Crippen LogP contribution in [0.15, 0.2) is 18.2 Å². The highest BCUT2D eigenvalue weighted by molar-refractivity contribution is 6.35. The smallest absolute Gasteiger partial charge is 0.224 e. The van der Waals surface area contributed by atoms with Crippen molar-refractivity contribution in [1.82, 2.24) is 10.2 Å². The van der Waals surface area contributed by atoms with E-state index in [0.29, 0.717) is 10.0 Å². The van der Waals surface area contributed by atoms with Crippen molar-refractivity contribution in [2.45, 2.75) is 39.3 Å². The molecule has 0 spiro atoms. The largest absolute Gasteiger partial charge is 0.354 e. The summed E-state index contributed by atoms with van der Waals surface area (Å²) in [5, 5.41) is 4.35.